The topological polar surface area (TPSA) is 46.4 Å². The summed E-state index contributed by atoms with van der Waals surface area (Å²) in [5, 5.41) is 10.3. The van der Waals surface area contributed by atoms with Crippen LogP contribution in [0, 0.1) is 16.5 Å². The Labute approximate surface area is 60.0 Å². The number of nitrogens with zero attached hydrogens (tertiary/aromatic N) is 2. The minimum atomic E-state index is -0.454. The lowest BCUT2D eigenvalue weighted by atomic mass is 10.1. The first kappa shape index (κ1) is 7.47. The Balaban J connectivity index is 2.47. The van der Waals surface area contributed by atoms with Crippen LogP contribution in [0.1, 0.15) is 12.8 Å². The van der Waals surface area contributed by atoms with Gasteiger partial charge in [0.1, 0.15) is 0 Å². The summed E-state index contributed by atoms with van der Waals surface area (Å²) < 4.78 is 0. The van der Waals surface area contributed by atoms with E-state index < -0.39 is 6.17 Å². The Morgan fingerprint density at radius 3 is 2.90 bits per heavy atom. The molecular formula is C6H11N2O2. The molecule has 1 unspecified atom stereocenters. The molecule has 10 heavy (non-hydrogen) atoms. The van der Waals surface area contributed by atoms with E-state index in [0.717, 1.165) is 13.0 Å². The maximum absolute atomic E-state index is 10.3. The van der Waals surface area contributed by atoms with E-state index in [1.54, 1.807) is 11.9 Å². The van der Waals surface area contributed by atoms with Crippen molar-refractivity contribution in [2.24, 2.45) is 0 Å². The van der Waals surface area contributed by atoms with Crippen molar-refractivity contribution in [2.45, 2.75) is 19.0 Å². The summed E-state index contributed by atoms with van der Waals surface area (Å²) in [5.74, 6) is 0. The van der Waals surface area contributed by atoms with Crippen molar-refractivity contribution >= 4 is 0 Å². The smallest absolute Gasteiger partial charge is 0.263 e. The Hall–Kier alpha value is -0.640. The lowest BCUT2D eigenvalue weighted by molar-refractivity contribution is -0.551. The fourth-order valence-electron chi connectivity index (χ4n) is 1.17. The molecule has 1 radical (unpaired) electrons. The average molecular weight is 143 g/mol. The molecule has 0 N–H and O–H groups in total. The third-order valence-electron chi connectivity index (χ3n) is 1.80. The Morgan fingerprint density at radius 1 is 1.80 bits per heavy atom. The first-order chi connectivity index (χ1) is 4.72. The number of nitro groups is 1. The van der Waals surface area contributed by atoms with E-state index in [0.29, 0.717) is 6.42 Å². The van der Waals surface area contributed by atoms with Gasteiger partial charge in [-0.3, -0.25) is 10.1 Å². The molecule has 4 heteroatoms. The zero-order valence-corrected chi connectivity index (χ0v) is 5.99. The zero-order chi connectivity index (χ0) is 7.56. The molecule has 0 aromatic heterocycles. The summed E-state index contributed by atoms with van der Waals surface area (Å²) in [4.78, 5) is 11.9. The van der Waals surface area contributed by atoms with Crippen LogP contribution in [-0.4, -0.2) is 29.6 Å². The number of piperidine rings is 1. The van der Waals surface area contributed by atoms with Gasteiger partial charge in [-0.25, -0.2) is 4.90 Å². The van der Waals surface area contributed by atoms with Gasteiger partial charge >= 0.3 is 0 Å². The standard InChI is InChI=1S/C6H11N2O2/c1-7-5-3-2-4-6(7)8(9)10/h3,6H,2,4-5H2,1H3. The van der Waals surface area contributed by atoms with E-state index >= 15 is 0 Å². The van der Waals surface area contributed by atoms with Gasteiger partial charge in [0.25, 0.3) is 6.17 Å². The monoisotopic (exact) mass is 143 g/mol. The number of hydrogen-bond acceptors (Lipinski definition) is 3. The fourth-order valence-corrected chi connectivity index (χ4v) is 1.17. The molecule has 0 aromatic carbocycles. The van der Waals surface area contributed by atoms with Gasteiger partial charge in [-0.2, -0.15) is 0 Å². The summed E-state index contributed by atoms with van der Waals surface area (Å²) in [5.41, 5.74) is 0. The molecule has 0 bridgehead atoms. The predicted molar refractivity (Wildman–Crippen MR) is 36.9 cm³/mol. The molecule has 1 atom stereocenters. The van der Waals surface area contributed by atoms with Crippen LogP contribution in [0.4, 0.5) is 0 Å². The predicted octanol–water partition coefficient (Wildman–Crippen LogP) is 0.519. The normalized spacial score (nSPS) is 28.3. The van der Waals surface area contributed by atoms with Gasteiger partial charge < -0.3 is 0 Å². The Morgan fingerprint density at radius 2 is 2.50 bits per heavy atom. The molecule has 0 aliphatic carbocycles. The molecule has 0 spiro atoms. The molecule has 0 aromatic rings. The van der Waals surface area contributed by atoms with Crippen molar-refractivity contribution in [3.8, 4) is 0 Å². The molecular weight excluding hydrogens is 132 g/mol. The van der Waals surface area contributed by atoms with Crippen LogP contribution in [0.2, 0.25) is 0 Å². The molecule has 0 saturated carbocycles. The van der Waals surface area contributed by atoms with Crippen LogP contribution < -0.4 is 0 Å². The van der Waals surface area contributed by atoms with Crippen molar-refractivity contribution in [2.75, 3.05) is 13.6 Å². The van der Waals surface area contributed by atoms with Gasteiger partial charge in [0.2, 0.25) is 0 Å². The molecule has 57 valence electrons. The van der Waals surface area contributed by atoms with E-state index in [1.165, 1.54) is 0 Å². The van der Waals surface area contributed by atoms with E-state index in [2.05, 4.69) is 6.42 Å². The molecule has 0 amide bonds. The highest BCUT2D eigenvalue weighted by molar-refractivity contribution is 4.78. The van der Waals surface area contributed by atoms with E-state index in [4.69, 9.17) is 0 Å². The van der Waals surface area contributed by atoms with E-state index in [1.807, 2.05) is 0 Å². The summed E-state index contributed by atoms with van der Waals surface area (Å²) in [7, 11) is 1.78. The van der Waals surface area contributed by atoms with Gasteiger partial charge in [0.15, 0.2) is 0 Å². The van der Waals surface area contributed by atoms with Crippen molar-refractivity contribution in [3.05, 3.63) is 16.5 Å². The molecule has 1 saturated heterocycles. The molecule has 1 fully saturated rings. The van der Waals surface area contributed by atoms with E-state index in [9.17, 15) is 10.1 Å². The van der Waals surface area contributed by atoms with E-state index in [-0.39, 0.29) is 4.92 Å². The fraction of sp³-hybridized carbons (Fsp3) is 0.833. The van der Waals surface area contributed by atoms with Gasteiger partial charge in [0.05, 0.1) is 0 Å². The molecule has 1 aliphatic heterocycles. The summed E-state index contributed by atoms with van der Waals surface area (Å²) in [6.45, 7) is 0.742. The van der Waals surface area contributed by atoms with Gasteiger partial charge in [-0.1, -0.05) is 0 Å². The third kappa shape index (κ3) is 1.44. The second-order valence-electron chi connectivity index (χ2n) is 2.57. The van der Waals surface area contributed by atoms with Crippen LogP contribution in [0.15, 0.2) is 0 Å². The van der Waals surface area contributed by atoms with Crippen LogP contribution in [0.5, 0.6) is 0 Å². The maximum atomic E-state index is 10.3. The van der Waals surface area contributed by atoms with Crippen molar-refractivity contribution in [3.63, 3.8) is 0 Å². The Bertz CT molecular complexity index is 138. The highest BCUT2D eigenvalue weighted by atomic mass is 16.6. The quantitative estimate of drug-likeness (QED) is 0.397. The van der Waals surface area contributed by atoms with Crippen LogP contribution >= 0.6 is 0 Å². The molecule has 1 rings (SSSR count). The largest absolute Gasteiger partial charge is 0.268 e. The van der Waals surface area contributed by atoms with Gasteiger partial charge in [-0.15, -0.1) is 0 Å². The molecule has 1 heterocycles. The van der Waals surface area contributed by atoms with Crippen LogP contribution in [-0.2, 0) is 0 Å². The number of likely N-dealkylation sites (tertiary alicyclic amines) is 1. The lowest BCUT2D eigenvalue weighted by Crippen LogP contribution is -2.41. The van der Waals surface area contributed by atoms with Crippen LogP contribution in [0.25, 0.3) is 0 Å². The lowest BCUT2D eigenvalue weighted by Gasteiger charge is -2.24. The van der Waals surface area contributed by atoms with Gasteiger partial charge in [-0.05, 0) is 19.9 Å². The summed E-state index contributed by atoms with van der Waals surface area (Å²) >= 11 is 0. The van der Waals surface area contributed by atoms with Crippen molar-refractivity contribution in [1.29, 1.82) is 0 Å². The third-order valence-corrected chi connectivity index (χ3v) is 1.80. The first-order valence-corrected chi connectivity index (χ1v) is 3.37. The Kier molecular flexibility index (Phi) is 2.21. The summed E-state index contributed by atoms with van der Waals surface area (Å²) in [6.07, 6.45) is 3.14. The zero-order valence-electron chi connectivity index (χ0n) is 5.99. The average Bonchev–Trinajstić information content (AvgIpc) is 1.88. The SMILES string of the molecule is CN1C[CH]CCC1[N+](=O)[O-]. The second-order valence-corrected chi connectivity index (χ2v) is 2.57. The van der Waals surface area contributed by atoms with Crippen molar-refractivity contribution < 1.29 is 4.92 Å². The number of hydrogen-bond donors (Lipinski definition) is 0. The minimum absolute atomic E-state index is 0.215. The summed E-state index contributed by atoms with van der Waals surface area (Å²) in [6, 6.07) is 0. The highest BCUT2D eigenvalue weighted by Crippen LogP contribution is 2.13. The number of rotatable bonds is 1. The first-order valence-electron chi connectivity index (χ1n) is 3.37. The van der Waals surface area contributed by atoms with Gasteiger partial charge in [0, 0.05) is 17.9 Å². The van der Waals surface area contributed by atoms with Crippen LogP contribution in [0.3, 0.4) is 0 Å². The second kappa shape index (κ2) is 2.96. The molecule has 1 aliphatic rings. The van der Waals surface area contributed by atoms with Crippen molar-refractivity contribution in [1.82, 2.24) is 4.90 Å². The maximum Gasteiger partial charge on any atom is 0.268 e. The highest BCUT2D eigenvalue weighted by Gasteiger charge is 2.27. The minimum Gasteiger partial charge on any atom is -0.263 e. The molecule has 4 nitrogen and oxygen atoms in total.